The maximum absolute atomic E-state index is 10.8. The van der Waals surface area contributed by atoms with Gasteiger partial charge in [-0.15, -0.1) is 11.3 Å². The van der Waals surface area contributed by atoms with Gasteiger partial charge in [0.1, 0.15) is 15.7 Å². The number of rotatable bonds is 3. The molecule has 0 unspecified atom stereocenters. The van der Waals surface area contributed by atoms with Crippen LogP contribution in [0.1, 0.15) is 16.3 Å². The van der Waals surface area contributed by atoms with E-state index in [9.17, 15) is 4.79 Å². The van der Waals surface area contributed by atoms with Crippen molar-refractivity contribution in [1.29, 1.82) is 0 Å². The van der Waals surface area contributed by atoms with Gasteiger partial charge in [0.15, 0.2) is 0 Å². The number of nitrogens with zero attached hydrogens (tertiary/aromatic N) is 2. The first-order valence-electron chi connectivity index (χ1n) is 5.14. The van der Waals surface area contributed by atoms with Crippen molar-refractivity contribution in [1.82, 2.24) is 9.97 Å². The zero-order valence-electron chi connectivity index (χ0n) is 9.90. The van der Waals surface area contributed by atoms with Crippen molar-refractivity contribution in [3.63, 3.8) is 0 Å². The Kier molecular flexibility index (Phi) is 3.35. The lowest BCUT2D eigenvalue weighted by Gasteiger charge is -2.03. The molecule has 4 nitrogen and oxygen atoms in total. The van der Waals surface area contributed by atoms with E-state index >= 15 is 0 Å². The fraction of sp³-hybridized carbons (Fsp3) is 0.364. The smallest absolute Gasteiger partial charge is 0.227 e. The average molecular weight is 267 g/mol. The van der Waals surface area contributed by atoms with Crippen LogP contribution < -0.4 is 5.73 Å². The lowest BCUT2D eigenvalue weighted by atomic mass is 10.2. The number of primary amides is 1. The number of hydrogen-bond acceptors (Lipinski definition) is 5. The van der Waals surface area contributed by atoms with E-state index in [1.165, 1.54) is 22.2 Å². The molecule has 0 aliphatic carbocycles. The molecular formula is C11H13N3OS2. The van der Waals surface area contributed by atoms with Gasteiger partial charge in [0.05, 0.1) is 5.75 Å². The number of aromatic nitrogens is 2. The van der Waals surface area contributed by atoms with Gasteiger partial charge >= 0.3 is 0 Å². The summed E-state index contributed by atoms with van der Waals surface area (Å²) in [5.74, 6) is 0.648. The predicted molar refractivity (Wildman–Crippen MR) is 71.5 cm³/mol. The van der Waals surface area contributed by atoms with Gasteiger partial charge in [-0.25, -0.2) is 9.97 Å². The van der Waals surface area contributed by atoms with Crippen molar-refractivity contribution in [2.45, 2.75) is 25.8 Å². The van der Waals surface area contributed by atoms with Gasteiger partial charge in [0, 0.05) is 10.3 Å². The Bertz CT molecular complexity index is 592. The highest BCUT2D eigenvalue weighted by atomic mass is 32.2. The minimum absolute atomic E-state index is 0.250. The number of thiophene rings is 1. The molecule has 0 aromatic carbocycles. The molecule has 0 atom stereocenters. The largest absolute Gasteiger partial charge is 0.369 e. The number of hydrogen-bond donors (Lipinski definition) is 1. The Morgan fingerprint density at radius 3 is 2.71 bits per heavy atom. The van der Waals surface area contributed by atoms with E-state index in [1.807, 2.05) is 6.92 Å². The Morgan fingerprint density at radius 2 is 2.06 bits per heavy atom. The molecule has 2 aromatic rings. The van der Waals surface area contributed by atoms with Crippen molar-refractivity contribution >= 4 is 39.2 Å². The van der Waals surface area contributed by atoms with Crippen molar-refractivity contribution in [2.24, 2.45) is 5.73 Å². The molecule has 17 heavy (non-hydrogen) atoms. The van der Waals surface area contributed by atoms with Gasteiger partial charge in [-0.1, -0.05) is 11.8 Å². The van der Waals surface area contributed by atoms with Crippen LogP contribution in [0.4, 0.5) is 0 Å². The lowest BCUT2D eigenvalue weighted by molar-refractivity contribution is -0.115. The van der Waals surface area contributed by atoms with Crippen molar-refractivity contribution in [3.05, 3.63) is 16.3 Å². The SMILES string of the molecule is Cc1nc(SCC(N)=O)c2c(C)c(C)sc2n1. The zero-order valence-corrected chi connectivity index (χ0v) is 11.5. The summed E-state index contributed by atoms with van der Waals surface area (Å²) < 4.78 is 0. The first-order chi connectivity index (χ1) is 7.99. The Labute approximate surface area is 108 Å². The first-order valence-corrected chi connectivity index (χ1v) is 6.94. The monoisotopic (exact) mass is 267 g/mol. The lowest BCUT2D eigenvalue weighted by Crippen LogP contribution is -2.13. The summed E-state index contributed by atoms with van der Waals surface area (Å²) in [5.41, 5.74) is 6.36. The minimum Gasteiger partial charge on any atom is -0.369 e. The highest BCUT2D eigenvalue weighted by Gasteiger charge is 2.14. The Morgan fingerprint density at radius 1 is 1.35 bits per heavy atom. The number of carbonyl (C=O) groups is 1. The van der Waals surface area contributed by atoms with Crippen LogP contribution in [0.2, 0.25) is 0 Å². The fourth-order valence-corrected chi connectivity index (χ4v) is 3.57. The normalized spacial score (nSPS) is 11.0. The summed E-state index contributed by atoms with van der Waals surface area (Å²) in [4.78, 5) is 21.9. The predicted octanol–water partition coefficient (Wildman–Crippen LogP) is 2.19. The molecule has 0 aliphatic heterocycles. The molecule has 2 rings (SSSR count). The molecule has 90 valence electrons. The van der Waals surface area contributed by atoms with Crippen LogP contribution in [0.3, 0.4) is 0 Å². The summed E-state index contributed by atoms with van der Waals surface area (Å²) >= 11 is 3.04. The molecule has 0 fully saturated rings. The second kappa shape index (κ2) is 4.62. The van der Waals surface area contributed by atoms with Crippen molar-refractivity contribution < 1.29 is 4.79 Å². The number of aryl methyl sites for hydroxylation is 3. The zero-order chi connectivity index (χ0) is 12.6. The number of carbonyl (C=O) groups excluding carboxylic acids is 1. The van der Waals surface area contributed by atoms with E-state index in [0.717, 1.165) is 21.1 Å². The van der Waals surface area contributed by atoms with Crippen LogP contribution in [-0.2, 0) is 4.79 Å². The molecule has 0 bridgehead atoms. The van der Waals surface area contributed by atoms with Crippen LogP contribution in [0, 0.1) is 20.8 Å². The third-order valence-corrected chi connectivity index (χ3v) is 4.56. The maximum atomic E-state index is 10.8. The molecule has 0 aliphatic rings. The van der Waals surface area contributed by atoms with E-state index in [1.54, 1.807) is 11.3 Å². The second-order valence-electron chi connectivity index (χ2n) is 3.79. The summed E-state index contributed by atoms with van der Waals surface area (Å²) in [6.45, 7) is 5.99. The fourth-order valence-electron chi connectivity index (χ4n) is 1.56. The van der Waals surface area contributed by atoms with Gasteiger partial charge in [-0.3, -0.25) is 4.79 Å². The van der Waals surface area contributed by atoms with Gasteiger partial charge in [0.25, 0.3) is 0 Å². The highest BCUT2D eigenvalue weighted by Crippen LogP contribution is 2.34. The Balaban J connectivity index is 2.55. The van der Waals surface area contributed by atoms with Gasteiger partial charge in [0.2, 0.25) is 5.91 Å². The third-order valence-electron chi connectivity index (χ3n) is 2.46. The van der Waals surface area contributed by atoms with Crippen LogP contribution >= 0.6 is 23.1 Å². The van der Waals surface area contributed by atoms with E-state index in [2.05, 4.69) is 23.8 Å². The number of amides is 1. The molecule has 2 heterocycles. The Hall–Kier alpha value is -1.14. The van der Waals surface area contributed by atoms with Crippen LogP contribution in [-0.4, -0.2) is 21.6 Å². The first kappa shape index (κ1) is 12.3. The summed E-state index contributed by atoms with van der Waals surface area (Å²) in [7, 11) is 0. The summed E-state index contributed by atoms with van der Waals surface area (Å²) in [6.07, 6.45) is 0. The van der Waals surface area contributed by atoms with E-state index in [4.69, 9.17) is 5.73 Å². The molecule has 2 N–H and O–H groups in total. The minimum atomic E-state index is -0.330. The molecule has 0 saturated heterocycles. The van der Waals surface area contributed by atoms with E-state index in [0.29, 0.717) is 0 Å². The summed E-state index contributed by atoms with van der Waals surface area (Å²) in [6, 6.07) is 0. The van der Waals surface area contributed by atoms with E-state index in [-0.39, 0.29) is 11.7 Å². The number of thioether (sulfide) groups is 1. The van der Waals surface area contributed by atoms with Gasteiger partial charge in [-0.2, -0.15) is 0 Å². The molecule has 0 radical (unpaired) electrons. The average Bonchev–Trinajstić information content (AvgIpc) is 2.51. The van der Waals surface area contributed by atoms with Crippen molar-refractivity contribution in [3.8, 4) is 0 Å². The highest BCUT2D eigenvalue weighted by molar-refractivity contribution is 8.00. The number of fused-ring (bicyclic) bond motifs is 1. The number of nitrogens with two attached hydrogens (primary N) is 1. The standard InChI is InChI=1S/C11H13N3OS2/c1-5-6(2)17-11-9(5)10(13-7(3)14-11)16-4-8(12)15/h4H2,1-3H3,(H2,12,15). The van der Waals surface area contributed by atoms with E-state index < -0.39 is 0 Å². The van der Waals surface area contributed by atoms with Crippen LogP contribution in [0.15, 0.2) is 5.03 Å². The van der Waals surface area contributed by atoms with Crippen LogP contribution in [0.5, 0.6) is 0 Å². The maximum Gasteiger partial charge on any atom is 0.227 e. The molecule has 6 heteroatoms. The second-order valence-corrected chi connectivity index (χ2v) is 5.96. The van der Waals surface area contributed by atoms with Gasteiger partial charge in [-0.05, 0) is 26.3 Å². The molecule has 0 spiro atoms. The topological polar surface area (TPSA) is 68.9 Å². The molecular weight excluding hydrogens is 254 g/mol. The van der Waals surface area contributed by atoms with Gasteiger partial charge < -0.3 is 5.73 Å². The summed E-state index contributed by atoms with van der Waals surface area (Å²) in [5, 5.41) is 1.91. The van der Waals surface area contributed by atoms with Crippen molar-refractivity contribution in [2.75, 3.05) is 5.75 Å². The molecule has 1 amide bonds. The molecule has 0 saturated carbocycles. The quantitative estimate of drug-likeness (QED) is 0.683. The molecule has 2 aromatic heterocycles. The van der Waals surface area contributed by atoms with Crippen LogP contribution in [0.25, 0.3) is 10.2 Å². The third kappa shape index (κ3) is 2.42.